The first-order valence-electron chi connectivity index (χ1n) is 12.2. The van der Waals surface area contributed by atoms with Crippen LogP contribution >= 0.6 is 11.8 Å². The van der Waals surface area contributed by atoms with Crippen LogP contribution in [-0.4, -0.2) is 90.9 Å². The minimum Gasteiger partial charge on any atom is -0.477 e. The predicted molar refractivity (Wildman–Crippen MR) is 142 cm³/mol. The van der Waals surface area contributed by atoms with Gasteiger partial charge in [-0.2, -0.15) is 8.42 Å². The van der Waals surface area contributed by atoms with Crippen LogP contribution in [0, 0.1) is 11.8 Å². The van der Waals surface area contributed by atoms with E-state index in [0.29, 0.717) is 24.4 Å². The largest absolute Gasteiger partial charge is 0.477 e. The summed E-state index contributed by atoms with van der Waals surface area (Å²) in [6, 6.07) is 7.59. The van der Waals surface area contributed by atoms with E-state index in [4.69, 9.17) is 5.14 Å². The lowest BCUT2D eigenvalue weighted by Crippen LogP contribution is -2.63. The normalized spacial score (nSPS) is 28.9. The molecule has 11 nitrogen and oxygen atoms in total. The standard InChI is InChI=1S/C24H35N5O6S2/c1-13-20-19(14(2)30)23(31)29(20)21(24(32)33)22(13)36-18-9-17(10-26-37(25,34)35)28(12-18)11-15-6-5-7-16(8-15)27(3)4/h5-8,13-14,17-20,26,30H,9-12H2,1-4H3,(H,32,33)(H2,25,34,35)/t13-,14-,17+,18+,19-,20-/m1/s1. The summed E-state index contributed by atoms with van der Waals surface area (Å²) < 4.78 is 25.6. The van der Waals surface area contributed by atoms with E-state index >= 15 is 0 Å². The number of amides is 1. The number of hydrogen-bond donors (Lipinski definition) is 4. The Labute approximate surface area is 221 Å². The number of carbonyl (C=O) groups excluding carboxylic acids is 1. The zero-order chi connectivity index (χ0) is 27.2. The van der Waals surface area contributed by atoms with Crippen molar-refractivity contribution in [2.75, 3.05) is 32.1 Å². The summed E-state index contributed by atoms with van der Waals surface area (Å²) in [4.78, 5) is 31.0. The Morgan fingerprint density at radius 3 is 2.65 bits per heavy atom. The fourth-order valence-corrected chi connectivity index (χ4v) is 7.69. The first kappa shape index (κ1) is 27.9. The summed E-state index contributed by atoms with van der Waals surface area (Å²) in [5.41, 5.74) is 2.13. The number of fused-ring (bicyclic) bond motifs is 1. The maximum absolute atomic E-state index is 12.7. The molecule has 0 spiro atoms. The first-order chi connectivity index (χ1) is 17.3. The minimum absolute atomic E-state index is 0.000690. The number of nitrogens with zero attached hydrogens (tertiary/aromatic N) is 3. The third kappa shape index (κ3) is 5.66. The van der Waals surface area contributed by atoms with Gasteiger partial charge >= 0.3 is 5.97 Å². The molecule has 0 bridgehead atoms. The number of rotatable bonds is 10. The number of nitrogens with two attached hydrogens (primary N) is 1. The van der Waals surface area contributed by atoms with Crippen LogP contribution in [0.15, 0.2) is 34.9 Å². The molecule has 0 radical (unpaired) electrons. The van der Waals surface area contributed by atoms with Gasteiger partial charge in [0.05, 0.1) is 18.1 Å². The molecule has 0 unspecified atom stereocenters. The highest BCUT2D eigenvalue weighted by Crippen LogP contribution is 2.52. The highest BCUT2D eigenvalue weighted by molar-refractivity contribution is 8.03. The molecule has 3 aliphatic rings. The number of carboxylic acid groups (broad SMARTS) is 1. The number of β-lactam (4-membered cyclic amide) rings is 1. The maximum Gasteiger partial charge on any atom is 0.353 e. The number of aliphatic hydroxyl groups excluding tert-OH is 1. The third-order valence-electron chi connectivity index (χ3n) is 7.43. The van der Waals surface area contributed by atoms with Crippen molar-refractivity contribution in [2.45, 2.75) is 50.3 Å². The van der Waals surface area contributed by atoms with Crippen molar-refractivity contribution >= 4 is 39.5 Å². The molecule has 5 N–H and O–H groups in total. The SMILES string of the molecule is C[C@@H](O)[C@H]1C(=O)N2C(C(=O)O)=C(S[C@H]3C[C@@H](CNS(N)(=O)=O)N(Cc4cccc(N(C)C)c4)C3)[C@H](C)[C@H]12. The minimum atomic E-state index is -3.87. The fourth-order valence-electron chi connectivity index (χ4n) is 5.67. The van der Waals surface area contributed by atoms with Crippen LogP contribution in [0.4, 0.5) is 5.69 Å². The summed E-state index contributed by atoms with van der Waals surface area (Å²) in [6.07, 6.45) is -0.244. The van der Waals surface area contributed by atoms with E-state index < -0.39 is 28.2 Å². The van der Waals surface area contributed by atoms with Crippen molar-refractivity contribution in [2.24, 2.45) is 17.0 Å². The second-order valence-corrected chi connectivity index (χ2v) is 13.0. The van der Waals surface area contributed by atoms with Gasteiger partial charge in [0.25, 0.3) is 10.2 Å². The molecule has 204 valence electrons. The topological polar surface area (TPSA) is 157 Å². The van der Waals surface area contributed by atoms with E-state index in [9.17, 15) is 28.2 Å². The number of anilines is 1. The van der Waals surface area contributed by atoms with Crippen LogP contribution in [0.25, 0.3) is 0 Å². The number of carbonyl (C=O) groups is 2. The van der Waals surface area contributed by atoms with Crippen LogP contribution < -0.4 is 14.8 Å². The molecule has 2 saturated heterocycles. The second kappa shape index (κ2) is 10.5. The second-order valence-electron chi connectivity index (χ2n) is 10.3. The van der Waals surface area contributed by atoms with Gasteiger partial charge in [-0.3, -0.25) is 9.69 Å². The molecule has 6 atom stereocenters. The first-order valence-corrected chi connectivity index (χ1v) is 14.6. The van der Waals surface area contributed by atoms with Crippen LogP contribution in [-0.2, 0) is 26.3 Å². The molecule has 13 heteroatoms. The molecule has 0 saturated carbocycles. The molecule has 1 aromatic carbocycles. The lowest BCUT2D eigenvalue weighted by molar-refractivity contribution is -0.163. The van der Waals surface area contributed by atoms with Gasteiger partial charge in [-0.15, -0.1) is 11.8 Å². The van der Waals surface area contributed by atoms with E-state index in [0.717, 1.165) is 11.3 Å². The molecule has 1 aromatic rings. The number of thioether (sulfide) groups is 1. The molecule has 37 heavy (non-hydrogen) atoms. The molecular formula is C24H35N5O6S2. The zero-order valence-electron chi connectivity index (χ0n) is 21.4. The van der Waals surface area contributed by atoms with Gasteiger partial charge in [-0.25, -0.2) is 14.7 Å². The number of hydrogen-bond acceptors (Lipinski definition) is 8. The van der Waals surface area contributed by atoms with E-state index in [-0.39, 0.29) is 41.4 Å². The lowest BCUT2D eigenvalue weighted by atomic mass is 9.79. The number of carboxylic acids is 1. The Hall–Kier alpha value is -2.16. The highest BCUT2D eigenvalue weighted by atomic mass is 32.2. The van der Waals surface area contributed by atoms with Crippen LogP contribution in [0.2, 0.25) is 0 Å². The van der Waals surface area contributed by atoms with Crippen LogP contribution in [0.3, 0.4) is 0 Å². The molecule has 3 heterocycles. The van der Waals surface area contributed by atoms with Crippen molar-refractivity contribution in [1.82, 2.24) is 14.5 Å². The predicted octanol–water partition coefficient (Wildman–Crippen LogP) is 0.376. The molecule has 4 rings (SSSR count). The van der Waals surface area contributed by atoms with Crippen LogP contribution in [0.1, 0.15) is 25.8 Å². The summed E-state index contributed by atoms with van der Waals surface area (Å²) in [5, 5.41) is 25.2. The zero-order valence-corrected chi connectivity index (χ0v) is 23.0. The quantitative estimate of drug-likeness (QED) is 0.301. The third-order valence-corrected chi connectivity index (χ3v) is 9.49. The molecule has 3 aliphatic heterocycles. The number of likely N-dealkylation sites (tertiary alicyclic amines) is 1. The fraction of sp³-hybridized carbons (Fsp3) is 0.583. The average Bonchev–Trinajstić information content (AvgIpc) is 3.28. The summed E-state index contributed by atoms with van der Waals surface area (Å²) in [6.45, 7) is 4.79. The maximum atomic E-state index is 12.7. The number of aliphatic carboxylic acids is 1. The van der Waals surface area contributed by atoms with Gasteiger partial charge in [0.15, 0.2) is 0 Å². The molecule has 2 fully saturated rings. The van der Waals surface area contributed by atoms with Gasteiger partial charge in [-0.1, -0.05) is 19.1 Å². The van der Waals surface area contributed by atoms with Gasteiger partial charge in [0.1, 0.15) is 5.70 Å². The summed E-state index contributed by atoms with van der Waals surface area (Å²) in [5.74, 6) is -2.35. The van der Waals surface area contributed by atoms with Gasteiger partial charge in [0, 0.05) is 61.5 Å². The monoisotopic (exact) mass is 553 g/mol. The smallest absolute Gasteiger partial charge is 0.353 e. The van der Waals surface area contributed by atoms with E-state index in [1.165, 1.54) is 16.7 Å². The van der Waals surface area contributed by atoms with Gasteiger partial charge in [-0.05, 0) is 31.0 Å². The lowest BCUT2D eigenvalue weighted by Gasteiger charge is -2.46. The van der Waals surface area contributed by atoms with E-state index in [1.807, 2.05) is 44.1 Å². The van der Waals surface area contributed by atoms with Crippen molar-refractivity contribution < 1.29 is 28.2 Å². The van der Waals surface area contributed by atoms with Crippen molar-refractivity contribution in [3.8, 4) is 0 Å². The van der Waals surface area contributed by atoms with Gasteiger partial charge in [0.2, 0.25) is 5.91 Å². The number of benzene rings is 1. The average molecular weight is 554 g/mol. The summed E-state index contributed by atoms with van der Waals surface area (Å²) in [7, 11) is 0.0643. The summed E-state index contributed by atoms with van der Waals surface area (Å²) >= 11 is 1.45. The Bertz CT molecular complexity index is 1200. The van der Waals surface area contributed by atoms with E-state index in [1.54, 1.807) is 6.92 Å². The van der Waals surface area contributed by atoms with Crippen LogP contribution in [0.5, 0.6) is 0 Å². The van der Waals surface area contributed by atoms with E-state index in [2.05, 4.69) is 15.7 Å². The Morgan fingerprint density at radius 1 is 1.35 bits per heavy atom. The molecule has 0 aliphatic carbocycles. The van der Waals surface area contributed by atoms with Gasteiger partial charge < -0.3 is 20.0 Å². The molecule has 1 amide bonds. The Balaban J connectivity index is 1.55. The molecular weight excluding hydrogens is 518 g/mol. The number of nitrogens with one attached hydrogen (secondary N) is 1. The Kier molecular flexibility index (Phi) is 7.94. The van der Waals surface area contributed by atoms with Crippen molar-refractivity contribution in [3.63, 3.8) is 0 Å². The van der Waals surface area contributed by atoms with Crippen molar-refractivity contribution in [1.29, 1.82) is 0 Å². The number of aliphatic hydroxyl groups is 1. The Morgan fingerprint density at radius 2 is 2.05 bits per heavy atom. The highest BCUT2D eigenvalue weighted by Gasteiger charge is 2.60. The van der Waals surface area contributed by atoms with Crippen molar-refractivity contribution in [3.05, 3.63) is 40.4 Å². The molecule has 0 aromatic heterocycles.